The predicted octanol–water partition coefficient (Wildman–Crippen LogP) is -0.154. The quantitative estimate of drug-likeness (QED) is 0.425. The highest BCUT2D eigenvalue weighted by Crippen LogP contribution is 2.33. The van der Waals surface area contributed by atoms with Crippen LogP contribution in [0.25, 0.3) is 0 Å². The molecule has 0 bridgehead atoms. The van der Waals surface area contributed by atoms with Crippen molar-refractivity contribution in [2.75, 3.05) is 6.54 Å². The number of hydrogen-bond acceptors (Lipinski definition) is 5. The van der Waals surface area contributed by atoms with Gasteiger partial charge in [0.1, 0.15) is 4.90 Å². The maximum atomic E-state index is 10.8. The van der Waals surface area contributed by atoms with Gasteiger partial charge in [-0.05, 0) is 30.7 Å². The summed E-state index contributed by atoms with van der Waals surface area (Å²) in [6, 6.07) is 2.26. The van der Waals surface area contributed by atoms with E-state index < -0.39 is 26.5 Å². The van der Waals surface area contributed by atoms with E-state index in [1.807, 2.05) is 0 Å². The van der Waals surface area contributed by atoms with Crippen LogP contribution in [0.3, 0.4) is 0 Å². The molecule has 0 unspecified atom stereocenters. The van der Waals surface area contributed by atoms with E-state index in [0.717, 1.165) is 6.07 Å². The Morgan fingerprint density at radius 3 is 2.33 bits per heavy atom. The van der Waals surface area contributed by atoms with Crippen LogP contribution in [0.2, 0.25) is 0 Å². The molecule has 15 heavy (non-hydrogen) atoms. The van der Waals surface area contributed by atoms with Gasteiger partial charge in [0.05, 0.1) is 0 Å². The summed E-state index contributed by atoms with van der Waals surface area (Å²) in [4.78, 5) is -0.717. The topological polar surface area (TPSA) is 121 Å². The van der Waals surface area contributed by atoms with Gasteiger partial charge in [0.15, 0.2) is 11.5 Å². The number of phenols is 2. The van der Waals surface area contributed by atoms with Crippen LogP contribution in [0.15, 0.2) is 17.0 Å². The molecule has 1 aromatic rings. The van der Waals surface area contributed by atoms with E-state index in [-0.39, 0.29) is 6.54 Å². The number of nitrogens with two attached hydrogens (primary N) is 1. The predicted molar refractivity (Wildman–Crippen MR) is 52.3 cm³/mol. The Labute approximate surface area is 86.7 Å². The van der Waals surface area contributed by atoms with E-state index in [4.69, 9.17) is 10.3 Å². The first-order valence-electron chi connectivity index (χ1n) is 4.08. The monoisotopic (exact) mass is 233 g/mol. The molecule has 1 aromatic carbocycles. The van der Waals surface area contributed by atoms with Crippen molar-refractivity contribution in [2.45, 2.75) is 11.3 Å². The molecular weight excluding hydrogens is 222 g/mol. The highest BCUT2D eigenvalue weighted by molar-refractivity contribution is 7.86. The van der Waals surface area contributed by atoms with Gasteiger partial charge in [-0.15, -0.1) is 0 Å². The van der Waals surface area contributed by atoms with E-state index in [2.05, 4.69) is 0 Å². The fraction of sp³-hybridized carbons (Fsp3) is 0.250. The number of phenolic OH excluding ortho intramolecular Hbond substituents is 2. The van der Waals surface area contributed by atoms with E-state index in [9.17, 15) is 18.6 Å². The van der Waals surface area contributed by atoms with E-state index in [1.165, 1.54) is 6.07 Å². The zero-order chi connectivity index (χ0) is 11.6. The molecule has 0 saturated carbocycles. The Kier molecular flexibility index (Phi) is 3.18. The third-order valence-corrected chi connectivity index (χ3v) is 2.69. The van der Waals surface area contributed by atoms with E-state index in [0.29, 0.717) is 12.0 Å². The van der Waals surface area contributed by atoms with Gasteiger partial charge in [-0.2, -0.15) is 8.42 Å². The third kappa shape index (κ3) is 2.58. The first-order valence-corrected chi connectivity index (χ1v) is 5.52. The number of hydrogen-bond donors (Lipinski definition) is 4. The molecule has 0 aliphatic carbocycles. The maximum absolute atomic E-state index is 10.8. The minimum absolute atomic E-state index is 0.259. The second-order valence-electron chi connectivity index (χ2n) is 2.98. The van der Waals surface area contributed by atoms with Crippen LogP contribution in [0.4, 0.5) is 0 Å². The zero-order valence-corrected chi connectivity index (χ0v) is 8.53. The Morgan fingerprint density at radius 2 is 1.87 bits per heavy atom. The van der Waals surface area contributed by atoms with Crippen molar-refractivity contribution < 1.29 is 23.2 Å². The summed E-state index contributed by atoms with van der Waals surface area (Å²) in [6.07, 6.45) is 0.330. The molecule has 84 valence electrons. The average molecular weight is 233 g/mol. The Hall–Kier alpha value is -1.31. The van der Waals surface area contributed by atoms with Gasteiger partial charge in [-0.1, -0.05) is 0 Å². The van der Waals surface area contributed by atoms with Gasteiger partial charge in [-0.25, -0.2) is 0 Å². The van der Waals surface area contributed by atoms with E-state index >= 15 is 0 Å². The SMILES string of the molecule is NCCc1cc(O)c(O)c(S(=O)(=O)O)c1. The molecule has 0 saturated heterocycles. The molecule has 0 spiro atoms. The molecule has 1 rings (SSSR count). The fourth-order valence-electron chi connectivity index (χ4n) is 1.16. The van der Waals surface area contributed by atoms with Crippen LogP contribution in [-0.2, 0) is 16.5 Å². The first kappa shape index (κ1) is 11.8. The summed E-state index contributed by atoms with van der Waals surface area (Å²) in [6.45, 7) is 0.259. The fourth-order valence-corrected chi connectivity index (χ4v) is 1.81. The molecule has 7 heteroatoms. The van der Waals surface area contributed by atoms with Crippen molar-refractivity contribution >= 4 is 10.1 Å². The lowest BCUT2D eigenvalue weighted by Crippen LogP contribution is -2.05. The molecule has 0 fully saturated rings. The van der Waals surface area contributed by atoms with Crippen LogP contribution in [0, 0.1) is 0 Å². The van der Waals surface area contributed by atoms with Crippen LogP contribution in [-0.4, -0.2) is 29.7 Å². The summed E-state index contributed by atoms with van der Waals surface area (Å²) in [7, 11) is -4.55. The largest absolute Gasteiger partial charge is 0.504 e. The van der Waals surface area contributed by atoms with Crippen LogP contribution >= 0.6 is 0 Å². The van der Waals surface area contributed by atoms with Gasteiger partial charge < -0.3 is 15.9 Å². The molecule has 0 aliphatic heterocycles. The summed E-state index contributed by atoms with van der Waals surface area (Å²) >= 11 is 0. The van der Waals surface area contributed by atoms with Gasteiger partial charge in [0.2, 0.25) is 0 Å². The molecule has 0 aromatic heterocycles. The van der Waals surface area contributed by atoms with Crippen molar-refractivity contribution in [3.8, 4) is 11.5 Å². The van der Waals surface area contributed by atoms with Crippen molar-refractivity contribution in [3.63, 3.8) is 0 Å². The zero-order valence-electron chi connectivity index (χ0n) is 7.71. The Morgan fingerprint density at radius 1 is 1.27 bits per heavy atom. The molecular formula is C8H11NO5S. The molecule has 0 amide bonds. The van der Waals surface area contributed by atoms with Crippen molar-refractivity contribution in [1.82, 2.24) is 0 Å². The molecule has 0 atom stereocenters. The molecule has 6 nitrogen and oxygen atoms in total. The number of rotatable bonds is 3. The molecule has 5 N–H and O–H groups in total. The van der Waals surface area contributed by atoms with Crippen molar-refractivity contribution in [2.24, 2.45) is 5.73 Å². The smallest absolute Gasteiger partial charge is 0.298 e. The van der Waals surface area contributed by atoms with Crippen molar-refractivity contribution in [1.29, 1.82) is 0 Å². The van der Waals surface area contributed by atoms with Gasteiger partial charge in [0.25, 0.3) is 10.1 Å². The molecule has 0 aliphatic rings. The van der Waals surface area contributed by atoms with Crippen LogP contribution in [0.5, 0.6) is 11.5 Å². The first-order chi connectivity index (χ1) is 6.86. The normalized spacial score (nSPS) is 11.6. The molecule has 0 radical (unpaired) electrons. The minimum atomic E-state index is -4.55. The van der Waals surface area contributed by atoms with Gasteiger partial charge in [-0.3, -0.25) is 4.55 Å². The second kappa shape index (κ2) is 4.05. The highest BCUT2D eigenvalue weighted by atomic mass is 32.2. The number of benzene rings is 1. The standard InChI is InChI=1S/C8H11NO5S/c9-2-1-5-3-6(10)8(11)7(4-5)15(12,13)14/h3-4,10-11H,1-2,9H2,(H,12,13,14). The number of aromatic hydroxyl groups is 2. The maximum Gasteiger partial charge on any atom is 0.298 e. The second-order valence-corrected chi connectivity index (χ2v) is 4.37. The Bertz CT molecular complexity index is 468. The van der Waals surface area contributed by atoms with Gasteiger partial charge >= 0.3 is 0 Å². The average Bonchev–Trinajstić information content (AvgIpc) is 2.09. The summed E-state index contributed by atoms with van der Waals surface area (Å²) in [5.74, 6) is -1.47. The minimum Gasteiger partial charge on any atom is -0.504 e. The Balaban J connectivity index is 3.38. The van der Waals surface area contributed by atoms with Gasteiger partial charge in [0, 0.05) is 0 Å². The van der Waals surface area contributed by atoms with Crippen LogP contribution in [0.1, 0.15) is 5.56 Å². The van der Waals surface area contributed by atoms with E-state index in [1.54, 1.807) is 0 Å². The summed E-state index contributed by atoms with van der Waals surface area (Å²) < 4.78 is 30.4. The highest BCUT2D eigenvalue weighted by Gasteiger charge is 2.19. The summed E-state index contributed by atoms with van der Waals surface area (Å²) in [5.41, 5.74) is 5.67. The lowest BCUT2D eigenvalue weighted by molar-refractivity contribution is 0.388. The van der Waals surface area contributed by atoms with Crippen molar-refractivity contribution in [3.05, 3.63) is 17.7 Å². The third-order valence-electron chi connectivity index (χ3n) is 1.83. The summed E-state index contributed by atoms with van der Waals surface area (Å²) in [5, 5.41) is 18.4. The van der Waals surface area contributed by atoms with Crippen LogP contribution < -0.4 is 5.73 Å². The lowest BCUT2D eigenvalue weighted by atomic mass is 10.1. The lowest BCUT2D eigenvalue weighted by Gasteiger charge is -2.06. The molecule has 0 heterocycles.